The molecule has 1 aromatic carbocycles. The molecule has 0 unspecified atom stereocenters. The summed E-state index contributed by atoms with van der Waals surface area (Å²) in [4.78, 5) is 11.1. The van der Waals surface area contributed by atoms with Crippen LogP contribution in [0, 0.1) is 6.92 Å². The van der Waals surface area contributed by atoms with E-state index < -0.39 is 0 Å². The zero-order chi connectivity index (χ0) is 14.1. The fourth-order valence-corrected chi connectivity index (χ4v) is 3.02. The Bertz CT molecular complexity index is 754. The van der Waals surface area contributed by atoms with Gasteiger partial charge in [0.2, 0.25) is 0 Å². The van der Waals surface area contributed by atoms with Crippen LogP contribution < -0.4 is 4.90 Å². The highest BCUT2D eigenvalue weighted by molar-refractivity contribution is 7.09. The van der Waals surface area contributed by atoms with Crippen molar-refractivity contribution >= 4 is 39.5 Å². The third-order valence-electron chi connectivity index (χ3n) is 3.16. The fraction of sp³-hybridized carbons (Fsp3) is 0.200. The number of rotatable bonds is 3. The number of halogens is 1. The molecule has 2 aromatic heterocycles. The Morgan fingerprint density at radius 2 is 2.15 bits per heavy atom. The van der Waals surface area contributed by atoms with Gasteiger partial charge in [-0.2, -0.15) is 0 Å². The summed E-state index contributed by atoms with van der Waals surface area (Å²) >= 11 is 7.70. The van der Waals surface area contributed by atoms with Crippen LogP contribution in [0.1, 0.15) is 10.7 Å². The van der Waals surface area contributed by atoms with E-state index in [1.165, 1.54) is 0 Å². The molecule has 0 spiro atoms. The molecule has 0 bridgehead atoms. The molecule has 3 rings (SSSR count). The first kappa shape index (κ1) is 13.3. The van der Waals surface area contributed by atoms with Crippen molar-refractivity contribution in [1.29, 1.82) is 0 Å². The lowest BCUT2D eigenvalue weighted by molar-refractivity contribution is 0.893. The highest BCUT2D eigenvalue weighted by Gasteiger charge is 2.09. The van der Waals surface area contributed by atoms with E-state index in [-0.39, 0.29) is 0 Å². The molecule has 0 saturated carbocycles. The minimum absolute atomic E-state index is 0.708. The predicted molar refractivity (Wildman–Crippen MR) is 85.7 cm³/mol. The molecule has 0 atom stereocenters. The largest absolute Gasteiger partial charge is 0.368 e. The zero-order valence-corrected chi connectivity index (χ0v) is 12.9. The van der Waals surface area contributed by atoms with Crippen LogP contribution in [-0.2, 0) is 6.54 Å². The van der Waals surface area contributed by atoms with Gasteiger partial charge < -0.3 is 4.90 Å². The van der Waals surface area contributed by atoms with Crippen LogP contribution in [0.15, 0.2) is 35.8 Å². The van der Waals surface area contributed by atoms with Gasteiger partial charge in [0.05, 0.1) is 22.8 Å². The second kappa shape index (κ2) is 5.38. The normalized spacial score (nSPS) is 10.9. The topological polar surface area (TPSA) is 29.0 Å². The predicted octanol–water partition coefficient (Wildman–Crippen LogP) is 4.29. The fourth-order valence-electron chi connectivity index (χ4n) is 2.25. The second-order valence-electron chi connectivity index (χ2n) is 4.71. The van der Waals surface area contributed by atoms with E-state index in [4.69, 9.17) is 11.6 Å². The molecule has 0 aliphatic heterocycles. The van der Waals surface area contributed by atoms with Gasteiger partial charge >= 0.3 is 0 Å². The summed E-state index contributed by atoms with van der Waals surface area (Å²) in [6.07, 6.45) is 1.82. The molecular weight excluding hydrogens is 290 g/mol. The molecule has 0 aliphatic carbocycles. The van der Waals surface area contributed by atoms with Crippen molar-refractivity contribution in [3.63, 3.8) is 0 Å². The minimum atomic E-state index is 0.708. The average Bonchev–Trinajstić information content (AvgIpc) is 2.83. The third kappa shape index (κ3) is 2.62. The Hall–Kier alpha value is -1.65. The first-order chi connectivity index (χ1) is 9.63. The smallest absolute Gasteiger partial charge is 0.0898 e. The van der Waals surface area contributed by atoms with Gasteiger partial charge in [0, 0.05) is 34.7 Å². The molecule has 0 amide bonds. The van der Waals surface area contributed by atoms with E-state index in [2.05, 4.69) is 27.3 Å². The maximum atomic E-state index is 6.02. The Morgan fingerprint density at radius 1 is 1.30 bits per heavy atom. The van der Waals surface area contributed by atoms with E-state index in [9.17, 15) is 0 Å². The van der Waals surface area contributed by atoms with Gasteiger partial charge in [-0.1, -0.05) is 11.6 Å². The molecule has 3 aromatic rings. The number of pyridine rings is 1. The summed E-state index contributed by atoms with van der Waals surface area (Å²) in [6, 6.07) is 7.83. The first-order valence-electron chi connectivity index (χ1n) is 6.30. The standard InChI is InChI=1S/C15H14ClN3S/c1-10-18-12(9-20-10)8-19(2)15-5-6-17-14-7-11(16)3-4-13(14)15/h3-7,9H,8H2,1-2H3. The van der Waals surface area contributed by atoms with Crippen molar-refractivity contribution < 1.29 is 0 Å². The van der Waals surface area contributed by atoms with Crippen molar-refractivity contribution in [2.24, 2.45) is 0 Å². The van der Waals surface area contributed by atoms with Gasteiger partial charge in [-0.15, -0.1) is 11.3 Å². The maximum Gasteiger partial charge on any atom is 0.0898 e. The van der Waals surface area contributed by atoms with Gasteiger partial charge in [-0.25, -0.2) is 4.98 Å². The molecule has 102 valence electrons. The zero-order valence-electron chi connectivity index (χ0n) is 11.3. The quantitative estimate of drug-likeness (QED) is 0.723. The van der Waals surface area contributed by atoms with E-state index in [1.54, 1.807) is 11.3 Å². The van der Waals surface area contributed by atoms with Crippen molar-refractivity contribution in [1.82, 2.24) is 9.97 Å². The number of hydrogen-bond donors (Lipinski definition) is 0. The molecule has 5 heteroatoms. The first-order valence-corrected chi connectivity index (χ1v) is 7.55. The van der Waals surface area contributed by atoms with Crippen LogP contribution in [0.2, 0.25) is 5.02 Å². The number of aromatic nitrogens is 2. The lowest BCUT2D eigenvalue weighted by Crippen LogP contribution is -2.17. The third-order valence-corrected chi connectivity index (χ3v) is 4.22. The molecule has 0 aliphatic rings. The molecule has 2 heterocycles. The summed E-state index contributed by atoms with van der Waals surface area (Å²) in [6.45, 7) is 2.81. The van der Waals surface area contributed by atoms with Crippen LogP contribution in [0.25, 0.3) is 10.9 Å². The average molecular weight is 304 g/mol. The van der Waals surface area contributed by atoms with Crippen LogP contribution >= 0.6 is 22.9 Å². The molecule has 0 N–H and O–H groups in total. The SMILES string of the molecule is Cc1nc(CN(C)c2ccnc3cc(Cl)ccc23)cs1. The van der Waals surface area contributed by atoms with Crippen molar-refractivity contribution in [3.8, 4) is 0 Å². The number of fused-ring (bicyclic) bond motifs is 1. The van der Waals surface area contributed by atoms with E-state index >= 15 is 0 Å². The minimum Gasteiger partial charge on any atom is -0.368 e. The highest BCUT2D eigenvalue weighted by atomic mass is 35.5. The molecular formula is C15H14ClN3S. The monoisotopic (exact) mass is 303 g/mol. The summed E-state index contributed by atoms with van der Waals surface area (Å²) in [5.74, 6) is 0. The van der Waals surface area contributed by atoms with E-state index in [0.717, 1.165) is 33.8 Å². The van der Waals surface area contributed by atoms with Crippen LogP contribution in [-0.4, -0.2) is 17.0 Å². The summed E-state index contributed by atoms with van der Waals surface area (Å²) < 4.78 is 0. The lowest BCUT2D eigenvalue weighted by atomic mass is 10.1. The van der Waals surface area contributed by atoms with Gasteiger partial charge in [0.1, 0.15) is 0 Å². The number of benzene rings is 1. The van der Waals surface area contributed by atoms with Gasteiger partial charge in [0.15, 0.2) is 0 Å². The van der Waals surface area contributed by atoms with Gasteiger partial charge in [0.25, 0.3) is 0 Å². The van der Waals surface area contributed by atoms with Crippen molar-refractivity contribution in [3.05, 3.63) is 51.6 Å². The van der Waals surface area contributed by atoms with Crippen molar-refractivity contribution in [2.45, 2.75) is 13.5 Å². The summed E-state index contributed by atoms with van der Waals surface area (Å²) in [5.41, 5.74) is 3.14. The summed E-state index contributed by atoms with van der Waals surface area (Å²) in [5, 5.41) is 5.01. The molecule has 0 radical (unpaired) electrons. The summed E-state index contributed by atoms with van der Waals surface area (Å²) in [7, 11) is 2.07. The number of aryl methyl sites for hydroxylation is 1. The number of thiazole rings is 1. The Labute approximate surface area is 126 Å². The second-order valence-corrected chi connectivity index (χ2v) is 6.20. The lowest BCUT2D eigenvalue weighted by Gasteiger charge is -2.20. The molecule has 0 fully saturated rings. The molecule has 0 saturated heterocycles. The molecule has 3 nitrogen and oxygen atoms in total. The maximum absolute atomic E-state index is 6.02. The van der Waals surface area contributed by atoms with Gasteiger partial charge in [-0.3, -0.25) is 4.98 Å². The Kier molecular flexibility index (Phi) is 3.59. The van der Waals surface area contributed by atoms with Crippen molar-refractivity contribution in [2.75, 3.05) is 11.9 Å². The van der Waals surface area contributed by atoms with E-state index in [1.807, 2.05) is 37.4 Å². The number of hydrogen-bond acceptors (Lipinski definition) is 4. The Balaban J connectivity index is 1.96. The number of anilines is 1. The Morgan fingerprint density at radius 3 is 2.90 bits per heavy atom. The van der Waals surface area contributed by atoms with Gasteiger partial charge in [-0.05, 0) is 31.2 Å². The molecule has 20 heavy (non-hydrogen) atoms. The van der Waals surface area contributed by atoms with Crippen LogP contribution in [0.5, 0.6) is 0 Å². The number of nitrogens with zero attached hydrogens (tertiary/aromatic N) is 3. The van der Waals surface area contributed by atoms with E-state index in [0.29, 0.717) is 5.02 Å². The van der Waals surface area contributed by atoms with Crippen LogP contribution in [0.4, 0.5) is 5.69 Å². The van der Waals surface area contributed by atoms with Crippen LogP contribution in [0.3, 0.4) is 0 Å². The highest BCUT2D eigenvalue weighted by Crippen LogP contribution is 2.27.